The van der Waals surface area contributed by atoms with Crippen LogP contribution in [0.4, 0.5) is 0 Å². The summed E-state index contributed by atoms with van der Waals surface area (Å²) in [5, 5.41) is 6.45. The van der Waals surface area contributed by atoms with Crippen LogP contribution in [0.2, 0.25) is 0 Å². The number of carbonyl (C=O) groups is 2. The first-order chi connectivity index (χ1) is 13.4. The van der Waals surface area contributed by atoms with Crippen LogP contribution >= 0.6 is 11.3 Å². The number of nitrogens with one attached hydrogen (secondary N) is 2. The van der Waals surface area contributed by atoms with Gasteiger partial charge in [0.05, 0.1) is 4.88 Å². The summed E-state index contributed by atoms with van der Waals surface area (Å²) in [6.45, 7) is 6.46. The Morgan fingerprint density at radius 3 is 2.21 bits per heavy atom. The molecule has 2 amide bonds. The van der Waals surface area contributed by atoms with E-state index in [1.165, 1.54) is 24.1 Å². The molecule has 0 aliphatic heterocycles. The van der Waals surface area contributed by atoms with Crippen molar-refractivity contribution >= 4 is 23.2 Å². The van der Waals surface area contributed by atoms with Crippen LogP contribution in [0.15, 0.2) is 12.1 Å². The monoisotopic (exact) mass is 404 g/mol. The zero-order valence-electron chi connectivity index (χ0n) is 17.6. The second-order valence-electron chi connectivity index (χ2n) is 9.33. The first-order valence-electron chi connectivity index (χ1n) is 11.1. The third-order valence-electron chi connectivity index (χ3n) is 6.26. The molecule has 156 valence electrons. The predicted octanol–water partition coefficient (Wildman–Crippen LogP) is 4.93. The molecule has 0 bridgehead atoms. The molecule has 4 nitrogen and oxygen atoms in total. The van der Waals surface area contributed by atoms with Crippen molar-refractivity contribution in [2.45, 2.75) is 90.6 Å². The van der Waals surface area contributed by atoms with Gasteiger partial charge in [0.15, 0.2) is 0 Å². The summed E-state index contributed by atoms with van der Waals surface area (Å²) in [5.41, 5.74) is 0. The maximum atomic E-state index is 12.5. The van der Waals surface area contributed by atoms with Gasteiger partial charge in [-0.3, -0.25) is 9.59 Å². The number of hydrogen-bond acceptors (Lipinski definition) is 3. The van der Waals surface area contributed by atoms with Crippen molar-refractivity contribution in [3.8, 4) is 0 Å². The highest BCUT2D eigenvalue weighted by Gasteiger charge is 2.27. The van der Waals surface area contributed by atoms with E-state index in [-0.39, 0.29) is 29.8 Å². The Morgan fingerprint density at radius 1 is 1.00 bits per heavy atom. The number of amides is 2. The summed E-state index contributed by atoms with van der Waals surface area (Å²) < 4.78 is 0. The average molecular weight is 405 g/mol. The molecule has 0 saturated heterocycles. The van der Waals surface area contributed by atoms with Gasteiger partial charge in [-0.05, 0) is 62.5 Å². The molecular formula is C23H36N2O2S. The first-order valence-corrected chi connectivity index (χ1v) is 11.9. The standard InChI is InChI=1S/C23H36N2O2S/c1-15(2)13-20-11-12-21(28-20)23(27)25-19-9-7-18(8-10-19)24-22(26)16(3)14-17-5-4-6-17/h11-12,15-19H,4-10,13-14H2,1-3H3,(H,24,26)(H,25,27). The number of thiophene rings is 1. The molecule has 28 heavy (non-hydrogen) atoms. The van der Waals surface area contributed by atoms with Gasteiger partial charge in [-0.2, -0.15) is 0 Å². The Kier molecular flexibility index (Phi) is 7.55. The van der Waals surface area contributed by atoms with E-state index in [2.05, 4.69) is 37.5 Å². The normalized spacial score (nSPS) is 23.9. The maximum Gasteiger partial charge on any atom is 0.261 e. The van der Waals surface area contributed by atoms with E-state index < -0.39 is 0 Å². The third-order valence-corrected chi connectivity index (χ3v) is 7.37. The van der Waals surface area contributed by atoms with Crippen LogP contribution in [0.1, 0.15) is 86.7 Å². The molecule has 3 rings (SSSR count). The minimum atomic E-state index is 0.0570. The summed E-state index contributed by atoms with van der Waals surface area (Å²) in [6, 6.07) is 4.52. The van der Waals surface area contributed by atoms with Crippen LogP contribution in [0.5, 0.6) is 0 Å². The lowest BCUT2D eigenvalue weighted by Crippen LogP contribution is -2.45. The highest BCUT2D eigenvalue weighted by molar-refractivity contribution is 7.14. The molecule has 2 saturated carbocycles. The van der Waals surface area contributed by atoms with Crippen molar-refractivity contribution in [2.24, 2.45) is 17.8 Å². The second-order valence-corrected chi connectivity index (χ2v) is 10.5. The predicted molar refractivity (Wildman–Crippen MR) is 116 cm³/mol. The first kappa shape index (κ1) is 21.4. The van der Waals surface area contributed by atoms with Crippen molar-refractivity contribution in [1.82, 2.24) is 10.6 Å². The highest BCUT2D eigenvalue weighted by Crippen LogP contribution is 2.32. The van der Waals surface area contributed by atoms with E-state index >= 15 is 0 Å². The lowest BCUT2D eigenvalue weighted by Gasteiger charge is -2.31. The fourth-order valence-electron chi connectivity index (χ4n) is 4.33. The highest BCUT2D eigenvalue weighted by atomic mass is 32.1. The fourth-order valence-corrected chi connectivity index (χ4v) is 5.45. The molecule has 2 fully saturated rings. The van der Waals surface area contributed by atoms with Gasteiger partial charge in [0.25, 0.3) is 5.91 Å². The lowest BCUT2D eigenvalue weighted by atomic mass is 9.79. The topological polar surface area (TPSA) is 58.2 Å². The molecule has 0 radical (unpaired) electrons. The SMILES string of the molecule is CC(C)Cc1ccc(C(=O)NC2CCC(NC(=O)C(C)CC3CCC3)CC2)s1. The molecule has 1 heterocycles. The van der Waals surface area contributed by atoms with Gasteiger partial charge in [0.2, 0.25) is 5.91 Å². The second kappa shape index (κ2) is 9.91. The summed E-state index contributed by atoms with van der Waals surface area (Å²) in [7, 11) is 0. The summed E-state index contributed by atoms with van der Waals surface area (Å²) in [5.74, 6) is 1.78. The number of carbonyl (C=O) groups excluding carboxylic acids is 2. The Morgan fingerprint density at radius 2 is 1.64 bits per heavy atom. The molecule has 2 N–H and O–H groups in total. The molecular weight excluding hydrogens is 368 g/mol. The fraction of sp³-hybridized carbons (Fsp3) is 0.739. The third kappa shape index (κ3) is 6.07. The maximum absolute atomic E-state index is 12.5. The smallest absolute Gasteiger partial charge is 0.261 e. The van der Waals surface area contributed by atoms with Crippen LogP contribution < -0.4 is 10.6 Å². The van der Waals surface area contributed by atoms with Crippen LogP contribution in [0.25, 0.3) is 0 Å². The van der Waals surface area contributed by atoms with Gasteiger partial charge in [0, 0.05) is 22.9 Å². The summed E-state index contributed by atoms with van der Waals surface area (Å²) in [6.07, 6.45) is 9.79. The van der Waals surface area contributed by atoms with E-state index in [0.717, 1.165) is 49.3 Å². The molecule has 1 aromatic heterocycles. The van der Waals surface area contributed by atoms with E-state index in [4.69, 9.17) is 0 Å². The van der Waals surface area contributed by atoms with Gasteiger partial charge in [-0.15, -0.1) is 11.3 Å². The molecule has 5 heteroatoms. The van der Waals surface area contributed by atoms with Gasteiger partial charge in [-0.25, -0.2) is 0 Å². The quantitative estimate of drug-likeness (QED) is 0.645. The van der Waals surface area contributed by atoms with E-state index in [9.17, 15) is 9.59 Å². The van der Waals surface area contributed by atoms with Gasteiger partial charge in [0.1, 0.15) is 0 Å². The van der Waals surface area contributed by atoms with Crippen LogP contribution in [0, 0.1) is 17.8 Å². The van der Waals surface area contributed by atoms with Crippen molar-refractivity contribution in [2.75, 3.05) is 0 Å². The number of rotatable bonds is 8. The summed E-state index contributed by atoms with van der Waals surface area (Å²) in [4.78, 5) is 27.1. The largest absolute Gasteiger partial charge is 0.353 e. The van der Waals surface area contributed by atoms with Crippen molar-refractivity contribution in [1.29, 1.82) is 0 Å². The minimum Gasteiger partial charge on any atom is -0.353 e. The Hall–Kier alpha value is -1.36. The molecule has 2 aliphatic rings. The van der Waals surface area contributed by atoms with Gasteiger partial charge < -0.3 is 10.6 Å². The summed E-state index contributed by atoms with van der Waals surface area (Å²) >= 11 is 1.61. The van der Waals surface area contributed by atoms with Gasteiger partial charge >= 0.3 is 0 Å². The zero-order valence-corrected chi connectivity index (χ0v) is 18.4. The van der Waals surface area contributed by atoms with Crippen LogP contribution in [0.3, 0.4) is 0 Å². The minimum absolute atomic E-state index is 0.0570. The molecule has 1 aromatic rings. The van der Waals surface area contributed by atoms with Crippen molar-refractivity contribution in [3.63, 3.8) is 0 Å². The lowest BCUT2D eigenvalue weighted by molar-refractivity contribution is -0.126. The van der Waals surface area contributed by atoms with Crippen LogP contribution in [-0.2, 0) is 11.2 Å². The Labute approximate surface area is 173 Å². The average Bonchev–Trinajstić information content (AvgIpc) is 3.07. The Balaban J connectivity index is 1.38. The molecule has 1 unspecified atom stereocenters. The number of hydrogen-bond donors (Lipinski definition) is 2. The van der Waals surface area contributed by atoms with E-state index in [1.54, 1.807) is 11.3 Å². The van der Waals surface area contributed by atoms with E-state index in [0.29, 0.717) is 5.92 Å². The van der Waals surface area contributed by atoms with Crippen molar-refractivity contribution in [3.05, 3.63) is 21.9 Å². The van der Waals surface area contributed by atoms with Crippen LogP contribution in [-0.4, -0.2) is 23.9 Å². The molecule has 1 atom stereocenters. The van der Waals surface area contributed by atoms with E-state index in [1.807, 2.05) is 6.07 Å². The molecule has 2 aliphatic carbocycles. The zero-order chi connectivity index (χ0) is 20.1. The van der Waals surface area contributed by atoms with Crippen molar-refractivity contribution < 1.29 is 9.59 Å². The molecule has 0 aromatic carbocycles. The van der Waals surface area contributed by atoms with Gasteiger partial charge in [-0.1, -0.05) is 40.0 Å². The Bertz CT molecular complexity index is 657. The molecule has 0 spiro atoms.